The predicted octanol–water partition coefficient (Wildman–Crippen LogP) is 4.99. The molecular weight excluding hydrogens is 1100 g/mol. The van der Waals surface area contributed by atoms with Gasteiger partial charge in [0, 0.05) is 79.2 Å². The summed E-state index contributed by atoms with van der Waals surface area (Å²) in [6, 6.07) is 18.0. The molecule has 0 aliphatic carbocycles. The molecule has 3 atom stereocenters. The molecule has 6 amide bonds. The van der Waals surface area contributed by atoms with Gasteiger partial charge in [0.05, 0.1) is 114 Å². The summed E-state index contributed by atoms with van der Waals surface area (Å²) >= 11 is 1.88. The average Bonchev–Trinajstić information content (AvgIpc) is 4.37. The van der Waals surface area contributed by atoms with E-state index in [9.17, 15) is 32.4 Å². The van der Waals surface area contributed by atoms with E-state index in [1.54, 1.807) is 79.7 Å². The van der Waals surface area contributed by atoms with Crippen LogP contribution in [0.3, 0.4) is 0 Å². The van der Waals surface area contributed by atoms with Crippen molar-refractivity contribution in [3.05, 3.63) is 136 Å². The quantitative estimate of drug-likeness (QED) is 0.0404. The van der Waals surface area contributed by atoms with Gasteiger partial charge >= 0.3 is 6.03 Å². The Balaban J connectivity index is 0.709. The van der Waals surface area contributed by atoms with Crippen LogP contribution in [0.15, 0.2) is 96.8 Å². The average molecular weight is 1170 g/mol. The normalized spacial score (nSPS) is 16.2. The molecule has 2 aliphatic heterocycles. The number of amides is 6. The minimum absolute atomic E-state index is 0.0203. The fourth-order valence-corrected chi connectivity index (χ4v) is 11.9. The highest BCUT2D eigenvalue weighted by Gasteiger charge is 2.31. The standard InChI is InChI=1S/C57H74FN11O11S2/c1-41-7-6-21-68(41)49-17-14-44(52(58)33-49)31-55(72)69(50-19-30-82(75,76)40-50)35-42-10-12-43(13-11-42)56(73)66(3)36-48-38-67(65-64-48)37-46-16-15-45(34-61-46)62-54(71)18-22-77-24-26-79-28-29-80-27-25-78-23-20-60-53(70)9-5-4-8-51-32-47(39-81-51)63-57(74)59-2/h6-7,10-17,19,21,30,33-34,38,47,50-51H,4-5,8-9,18,20,22-29,31-32,35-37,39-40H2,1-3H3,(H,60,70)(H,62,71)(H2,59,63,74)/t47-,50-,51+/m1/s1. The zero-order valence-electron chi connectivity index (χ0n) is 46.6. The summed E-state index contributed by atoms with van der Waals surface area (Å²) in [6.07, 6.45) is 10.7. The van der Waals surface area contributed by atoms with Crippen molar-refractivity contribution >= 4 is 56.9 Å². The van der Waals surface area contributed by atoms with Crippen LogP contribution in [0, 0.1) is 12.7 Å². The molecule has 7 rings (SSSR count). The summed E-state index contributed by atoms with van der Waals surface area (Å²) in [7, 11) is -0.258. The Bertz CT molecular complexity index is 3030. The van der Waals surface area contributed by atoms with Crippen LogP contribution in [0.5, 0.6) is 0 Å². The number of urea groups is 1. The first-order chi connectivity index (χ1) is 39.6. The first-order valence-electron chi connectivity index (χ1n) is 27.4. The summed E-state index contributed by atoms with van der Waals surface area (Å²) in [5, 5.41) is 21.3. The lowest BCUT2D eigenvalue weighted by molar-refractivity contribution is -0.132. The number of hydrogen-bond acceptors (Lipinski definition) is 15. The molecule has 0 bridgehead atoms. The van der Waals surface area contributed by atoms with E-state index in [0.717, 1.165) is 42.5 Å². The number of nitrogens with one attached hydrogen (secondary N) is 4. The number of pyridine rings is 1. The maximum atomic E-state index is 15.4. The maximum absolute atomic E-state index is 15.4. The van der Waals surface area contributed by atoms with Crippen molar-refractivity contribution < 1.29 is 55.7 Å². The van der Waals surface area contributed by atoms with Crippen LogP contribution < -0.4 is 21.3 Å². The van der Waals surface area contributed by atoms with Gasteiger partial charge in [-0.05, 0) is 91.9 Å². The lowest BCUT2D eigenvalue weighted by Gasteiger charge is -2.28. The number of rotatable bonds is 33. The number of hydrogen-bond donors (Lipinski definition) is 4. The topological polar surface area (TPSA) is 260 Å². The van der Waals surface area contributed by atoms with E-state index >= 15 is 4.39 Å². The number of aromatic nitrogens is 5. The van der Waals surface area contributed by atoms with E-state index < -0.39 is 27.6 Å². The van der Waals surface area contributed by atoms with Gasteiger partial charge in [-0.25, -0.2) is 22.3 Å². The highest BCUT2D eigenvalue weighted by molar-refractivity contribution is 8.00. The second-order valence-corrected chi connectivity index (χ2v) is 23.2. The summed E-state index contributed by atoms with van der Waals surface area (Å²) < 4.78 is 65.7. The number of carbonyl (C=O) groups is 5. The van der Waals surface area contributed by atoms with E-state index in [1.807, 2.05) is 41.6 Å². The molecule has 2 aromatic carbocycles. The van der Waals surface area contributed by atoms with Crippen LogP contribution in [0.25, 0.3) is 5.69 Å². The molecule has 0 saturated carbocycles. The van der Waals surface area contributed by atoms with Crippen molar-refractivity contribution in [1.29, 1.82) is 0 Å². The number of anilines is 1. The van der Waals surface area contributed by atoms with Crippen LogP contribution >= 0.6 is 11.8 Å². The Kier molecular flexibility index (Phi) is 24.4. The zero-order chi connectivity index (χ0) is 58.3. The van der Waals surface area contributed by atoms with E-state index in [-0.39, 0.29) is 73.6 Å². The van der Waals surface area contributed by atoms with Crippen LogP contribution in [-0.2, 0) is 69.2 Å². The first kappa shape index (κ1) is 62.6. The Morgan fingerprint density at radius 2 is 1.60 bits per heavy atom. The molecule has 22 nitrogen and oxygen atoms in total. The van der Waals surface area contributed by atoms with Gasteiger partial charge < -0.3 is 54.6 Å². The molecule has 0 unspecified atom stereocenters. The summed E-state index contributed by atoms with van der Waals surface area (Å²) in [5.74, 6) is -0.835. The van der Waals surface area contributed by atoms with Crippen molar-refractivity contribution in [1.82, 2.24) is 50.3 Å². The molecular formula is C57H74FN11O11S2. The van der Waals surface area contributed by atoms with Crippen molar-refractivity contribution in [2.75, 3.05) is 90.3 Å². The fraction of sp³-hybridized carbons (Fsp3) is 0.474. The Labute approximate surface area is 482 Å². The van der Waals surface area contributed by atoms with Gasteiger partial charge in [-0.1, -0.05) is 29.8 Å². The minimum atomic E-state index is -3.51. The minimum Gasteiger partial charge on any atom is -0.379 e. The third kappa shape index (κ3) is 20.4. The molecule has 82 heavy (non-hydrogen) atoms. The monoisotopic (exact) mass is 1170 g/mol. The van der Waals surface area contributed by atoms with Crippen LogP contribution in [0.4, 0.5) is 14.9 Å². The van der Waals surface area contributed by atoms with Gasteiger partial charge in [-0.15, -0.1) is 5.10 Å². The van der Waals surface area contributed by atoms with E-state index in [1.165, 1.54) is 21.9 Å². The zero-order valence-corrected chi connectivity index (χ0v) is 48.3. The van der Waals surface area contributed by atoms with E-state index in [4.69, 9.17) is 18.9 Å². The molecule has 0 radical (unpaired) electrons. The van der Waals surface area contributed by atoms with Gasteiger partial charge in [0.1, 0.15) is 11.5 Å². The second kappa shape index (κ2) is 32.0. The molecule has 1 saturated heterocycles. The van der Waals surface area contributed by atoms with Crippen LogP contribution in [0.2, 0.25) is 0 Å². The maximum Gasteiger partial charge on any atom is 0.314 e. The number of unbranched alkanes of at least 4 members (excludes halogenated alkanes) is 1. The molecule has 2 aliphatic rings. The van der Waals surface area contributed by atoms with Crippen LogP contribution in [-0.4, -0.2) is 175 Å². The van der Waals surface area contributed by atoms with Gasteiger partial charge in [0.2, 0.25) is 17.7 Å². The number of sulfone groups is 1. The van der Waals surface area contributed by atoms with Gasteiger partial charge in [-0.2, -0.15) is 11.8 Å². The number of thioether (sulfide) groups is 1. The Hall–Kier alpha value is -7.03. The van der Waals surface area contributed by atoms with E-state index in [2.05, 4.69) is 36.6 Å². The molecule has 1 fully saturated rings. The predicted molar refractivity (Wildman–Crippen MR) is 307 cm³/mol. The third-order valence-corrected chi connectivity index (χ3v) is 16.4. The Morgan fingerprint density at radius 1 is 0.854 bits per heavy atom. The number of benzene rings is 2. The lowest BCUT2D eigenvalue weighted by Crippen LogP contribution is -2.41. The molecule has 4 N–H and O–H groups in total. The van der Waals surface area contributed by atoms with Crippen molar-refractivity contribution in [2.24, 2.45) is 0 Å². The molecule has 0 spiro atoms. The molecule has 25 heteroatoms. The highest BCUT2D eigenvalue weighted by atomic mass is 32.2. The number of nitrogens with zero attached hydrogens (tertiary/aromatic N) is 7. The van der Waals surface area contributed by atoms with Gasteiger partial charge in [-0.3, -0.25) is 24.2 Å². The third-order valence-electron chi connectivity index (χ3n) is 13.5. The van der Waals surface area contributed by atoms with Gasteiger partial charge in [0.15, 0.2) is 9.84 Å². The lowest BCUT2D eigenvalue weighted by atomic mass is 10.1. The molecule has 3 aromatic heterocycles. The van der Waals surface area contributed by atoms with Crippen molar-refractivity contribution in [3.8, 4) is 5.69 Å². The number of carbonyl (C=O) groups excluding carboxylic acids is 5. The number of aryl methyl sites for hydroxylation is 1. The second-order valence-electron chi connectivity index (χ2n) is 20.0. The summed E-state index contributed by atoms with van der Waals surface area (Å²) in [6.45, 7) is 5.73. The molecule has 5 aromatic rings. The van der Waals surface area contributed by atoms with Crippen molar-refractivity contribution in [3.63, 3.8) is 0 Å². The number of ether oxygens (including phenoxy) is 4. The SMILES string of the molecule is CNC(=O)N[C@H]1CS[C@@H](CCCCC(=O)NCCOCCOCCOCCOCCC(=O)Nc2ccc(Cn3cc(CN(C)C(=O)c4ccc(CN(C(=O)Cc5ccc(-n6cccc6C)cc5F)[C@@H]5C=CS(=O)(=O)C5)cc4)nn3)nc2)C1. The molecule has 5 heterocycles. The fourth-order valence-electron chi connectivity index (χ4n) is 9.15. The summed E-state index contributed by atoms with van der Waals surface area (Å²) in [5.41, 5.74) is 4.51. The Morgan fingerprint density at radius 3 is 2.27 bits per heavy atom. The number of halogens is 1. The van der Waals surface area contributed by atoms with E-state index in [0.29, 0.717) is 105 Å². The van der Waals surface area contributed by atoms with Gasteiger partial charge in [0.25, 0.3) is 5.91 Å². The summed E-state index contributed by atoms with van der Waals surface area (Å²) in [4.78, 5) is 70.8. The largest absolute Gasteiger partial charge is 0.379 e. The van der Waals surface area contributed by atoms with Crippen molar-refractivity contribution in [2.45, 2.75) is 88.8 Å². The first-order valence-corrected chi connectivity index (χ1v) is 30.2. The molecule has 442 valence electrons. The smallest absolute Gasteiger partial charge is 0.314 e. The highest BCUT2D eigenvalue weighted by Crippen LogP contribution is 2.31. The van der Waals surface area contributed by atoms with Crippen LogP contribution in [0.1, 0.15) is 77.1 Å².